The molecule has 4 aromatic carbocycles. The lowest BCUT2D eigenvalue weighted by Crippen LogP contribution is -2.28. The highest BCUT2D eigenvalue weighted by atomic mass is 16.1. The van der Waals surface area contributed by atoms with E-state index in [0.717, 1.165) is 51.4 Å². The van der Waals surface area contributed by atoms with Gasteiger partial charge in [0, 0.05) is 22.0 Å². The van der Waals surface area contributed by atoms with E-state index in [9.17, 15) is 9.59 Å². The largest absolute Gasteiger partial charge is 0.293 e. The minimum Gasteiger partial charge on any atom is -0.293 e. The standard InChI is InChI=1S/C53H67NO2/c1-5-9-13-21-33-52(34-22-14-10-6-2)45-27-19-17-25-41(45)43-31-29-39(37-47(43)52)50(55)49(54)51(56)40-30-32-44-42-26-18-20-28-46(42)53(48(44)38-40,35-23-15-11-7-3)36-24-16-12-8-4/h17-20,25-32,37-38,54H,5-16,21-24,33-36H2,1-4H3. The van der Waals surface area contributed by atoms with Crippen molar-refractivity contribution in [2.24, 2.45) is 0 Å². The molecule has 0 atom stereocenters. The van der Waals surface area contributed by atoms with Gasteiger partial charge in [-0.15, -0.1) is 0 Å². The van der Waals surface area contributed by atoms with Gasteiger partial charge >= 0.3 is 0 Å². The van der Waals surface area contributed by atoms with Gasteiger partial charge in [-0.2, -0.15) is 0 Å². The fraction of sp³-hybridized carbons (Fsp3) is 0.491. The monoisotopic (exact) mass is 750 g/mol. The van der Waals surface area contributed by atoms with Crippen LogP contribution in [0.25, 0.3) is 22.3 Å². The SMILES string of the molecule is CCCCCCC1(CCCCCC)c2ccccc2-c2ccc(C(=O)C(=N)C(=O)c3ccc4c(c3)C(CCCCCC)(CCCCCC)c3ccccc3-4)cc21. The molecule has 6 rings (SSSR count). The van der Waals surface area contributed by atoms with Crippen LogP contribution in [0.3, 0.4) is 0 Å². The molecule has 0 saturated carbocycles. The van der Waals surface area contributed by atoms with Crippen molar-refractivity contribution in [3.8, 4) is 22.3 Å². The van der Waals surface area contributed by atoms with E-state index in [-0.39, 0.29) is 10.8 Å². The Bertz CT molecular complexity index is 1820. The molecule has 4 aromatic rings. The summed E-state index contributed by atoms with van der Waals surface area (Å²) in [5.41, 5.74) is 10.3. The van der Waals surface area contributed by atoms with Crippen LogP contribution in [0, 0.1) is 5.41 Å². The maximum absolute atomic E-state index is 14.3. The molecule has 0 aliphatic heterocycles. The zero-order valence-corrected chi connectivity index (χ0v) is 35.0. The lowest BCUT2D eigenvalue weighted by molar-refractivity contribution is 0.101. The Hall–Kier alpha value is -4.11. The molecular formula is C53H67NO2. The van der Waals surface area contributed by atoms with Crippen LogP contribution in [0.5, 0.6) is 0 Å². The van der Waals surface area contributed by atoms with Gasteiger partial charge in [-0.3, -0.25) is 15.0 Å². The first-order chi connectivity index (χ1) is 27.4. The summed E-state index contributed by atoms with van der Waals surface area (Å²) in [6, 6.07) is 29.7. The zero-order chi connectivity index (χ0) is 39.5. The third-order valence-electron chi connectivity index (χ3n) is 13.3. The van der Waals surface area contributed by atoms with E-state index in [4.69, 9.17) is 5.41 Å². The van der Waals surface area contributed by atoms with E-state index in [0.29, 0.717) is 11.1 Å². The second kappa shape index (κ2) is 19.4. The highest BCUT2D eigenvalue weighted by Crippen LogP contribution is 2.56. The average Bonchev–Trinajstić information content (AvgIpc) is 3.66. The molecule has 1 N–H and O–H groups in total. The van der Waals surface area contributed by atoms with Gasteiger partial charge in [0.05, 0.1) is 0 Å². The molecule has 296 valence electrons. The van der Waals surface area contributed by atoms with E-state index in [2.05, 4.69) is 100 Å². The van der Waals surface area contributed by atoms with Crippen molar-refractivity contribution in [1.82, 2.24) is 0 Å². The molecule has 0 bridgehead atoms. The molecule has 0 unspecified atom stereocenters. The Labute approximate surface area is 338 Å². The Morgan fingerprint density at radius 2 is 0.732 bits per heavy atom. The van der Waals surface area contributed by atoms with E-state index in [1.807, 2.05) is 12.1 Å². The van der Waals surface area contributed by atoms with Gasteiger partial charge in [-0.05, 0) is 82.3 Å². The number of hydrogen-bond acceptors (Lipinski definition) is 3. The van der Waals surface area contributed by atoms with Crippen molar-refractivity contribution in [3.05, 3.63) is 118 Å². The van der Waals surface area contributed by atoms with E-state index < -0.39 is 17.3 Å². The van der Waals surface area contributed by atoms with Crippen LogP contribution in [0.1, 0.15) is 199 Å². The Kier molecular flexibility index (Phi) is 14.4. The topological polar surface area (TPSA) is 58.0 Å². The lowest BCUT2D eigenvalue weighted by Gasteiger charge is -2.33. The number of benzene rings is 4. The van der Waals surface area contributed by atoms with Gasteiger partial charge in [0.1, 0.15) is 0 Å². The van der Waals surface area contributed by atoms with Crippen LogP contribution in [0.2, 0.25) is 0 Å². The fourth-order valence-electron chi connectivity index (χ4n) is 10.3. The van der Waals surface area contributed by atoms with Gasteiger partial charge in [-0.25, -0.2) is 0 Å². The van der Waals surface area contributed by atoms with Crippen LogP contribution in [0.4, 0.5) is 0 Å². The first-order valence-corrected chi connectivity index (χ1v) is 22.5. The van der Waals surface area contributed by atoms with Crippen LogP contribution in [-0.2, 0) is 10.8 Å². The quantitative estimate of drug-likeness (QED) is 0.0336. The van der Waals surface area contributed by atoms with Crippen molar-refractivity contribution in [3.63, 3.8) is 0 Å². The average molecular weight is 750 g/mol. The first-order valence-electron chi connectivity index (χ1n) is 22.5. The van der Waals surface area contributed by atoms with Gasteiger partial charge < -0.3 is 0 Å². The van der Waals surface area contributed by atoms with Crippen LogP contribution < -0.4 is 0 Å². The number of carbonyl (C=O) groups is 2. The third-order valence-corrected chi connectivity index (χ3v) is 13.3. The normalized spacial score (nSPS) is 14.2. The Morgan fingerprint density at radius 1 is 0.411 bits per heavy atom. The van der Waals surface area contributed by atoms with E-state index >= 15 is 0 Å². The zero-order valence-electron chi connectivity index (χ0n) is 35.0. The number of nitrogens with one attached hydrogen (secondary N) is 1. The highest BCUT2D eigenvalue weighted by Gasteiger charge is 2.44. The number of fused-ring (bicyclic) bond motifs is 6. The predicted molar refractivity (Wildman–Crippen MR) is 237 cm³/mol. The molecule has 0 amide bonds. The molecule has 0 fully saturated rings. The Balaban J connectivity index is 1.33. The summed E-state index contributed by atoms with van der Waals surface area (Å²) in [5, 5.41) is 9.15. The molecule has 0 saturated heterocycles. The van der Waals surface area contributed by atoms with Crippen LogP contribution >= 0.6 is 0 Å². The van der Waals surface area contributed by atoms with E-state index in [1.165, 1.54) is 122 Å². The molecule has 56 heavy (non-hydrogen) atoms. The molecule has 0 radical (unpaired) electrons. The van der Waals surface area contributed by atoms with Gasteiger partial charge in [-0.1, -0.05) is 203 Å². The highest BCUT2D eigenvalue weighted by molar-refractivity contribution is 6.71. The number of ketones is 2. The van der Waals surface area contributed by atoms with Crippen LogP contribution in [0.15, 0.2) is 84.9 Å². The van der Waals surface area contributed by atoms with Crippen molar-refractivity contribution < 1.29 is 9.59 Å². The minimum atomic E-state index is -0.478. The molecule has 3 heteroatoms. The second-order valence-corrected chi connectivity index (χ2v) is 17.1. The second-order valence-electron chi connectivity index (χ2n) is 17.1. The fourth-order valence-corrected chi connectivity index (χ4v) is 10.3. The number of carbonyl (C=O) groups excluding carboxylic acids is 2. The first kappa shape index (κ1) is 41.5. The third kappa shape index (κ3) is 8.30. The molecule has 0 aromatic heterocycles. The number of hydrogen-bond donors (Lipinski definition) is 1. The summed E-state index contributed by atoms with van der Waals surface area (Å²) in [6.45, 7) is 9.04. The molecule has 3 nitrogen and oxygen atoms in total. The summed E-state index contributed by atoms with van der Waals surface area (Å²) in [6.07, 6.45) is 23.3. The number of Topliss-reactive ketones (excluding diaryl/α,β-unsaturated/α-hetero) is 2. The van der Waals surface area contributed by atoms with Gasteiger partial charge in [0.2, 0.25) is 11.6 Å². The maximum Gasteiger partial charge on any atom is 0.214 e. The molecule has 2 aliphatic rings. The Morgan fingerprint density at radius 3 is 1.07 bits per heavy atom. The number of rotatable bonds is 24. The summed E-state index contributed by atoms with van der Waals surface area (Å²) in [5.74, 6) is -0.956. The van der Waals surface area contributed by atoms with Crippen molar-refractivity contribution in [2.45, 2.75) is 167 Å². The molecule has 0 spiro atoms. The lowest BCUT2D eigenvalue weighted by atomic mass is 9.70. The number of unbranched alkanes of at least 4 members (excludes halogenated alkanes) is 12. The summed E-state index contributed by atoms with van der Waals surface area (Å²) in [4.78, 5) is 28.7. The predicted octanol–water partition coefficient (Wildman–Crippen LogP) is 15.2. The maximum atomic E-state index is 14.3. The summed E-state index contributed by atoms with van der Waals surface area (Å²) in [7, 11) is 0. The smallest absolute Gasteiger partial charge is 0.214 e. The van der Waals surface area contributed by atoms with Gasteiger partial charge in [0.15, 0.2) is 5.71 Å². The summed E-state index contributed by atoms with van der Waals surface area (Å²) >= 11 is 0. The van der Waals surface area contributed by atoms with Crippen molar-refractivity contribution in [1.29, 1.82) is 5.41 Å². The summed E-state index contributed by atoms with van der Waals surface area (Å²) < 4.78 is 0. The van der Waals surface area contributed by atoms with Crippen molar-refractivity contribution >= 4 is 17.3 Å². The van der Waals surface area contributed by atoms with E-state index in [1.54, 1.807) is 0 Å². The minimum absolute atomic E-state index is 0.164. The van der Waals surface area contributed by atoms with Gasteiger partial charge in [0.25, 0.3) is 0 Å². The van der Waals surface area contributed by atoms with Crippen molar-refractivity contribution in [2.75, 3.05) is 0 Å². The molecular weight excluding hydrogens is 683 g/mol. The molecule has 2 aliphatic carbocycles. The van der Waals surface area contributed by atoms with Crippen LogP contribution in [-0.4, -0.2) is 17.3 Å². The molecule has 0 heterocycles.